The molecular formula is C44H88N2O3. The van der Waals surface area contributed by atoms with E-state index in [4.69, 9.17) is 4.74 Å². The Labute approximate surface area is 307 Å². The third-order valence-corrected chi connectivity index (χ3v) is 10.5. The second kappa shape index (κ2) is 34.0. The molecule has 0 rings (SSSR count). The Hall–Kier alpha value is -1.10. The second-order valence-electron chi connectivity index (χ2n) is 16.6. The van der Waals surface area contributed by atoms with E-state index in [9.17, 15) is 9.59 Å². The number of nitrogens with zero attached hydrogens (tertiary/aromatic N) is 2. The summed E-state index contributed by atoms with van der Waals surface area (Å²) in [7, 11) is 0. The van der Waals surface area contributed by atoms with Crippen LogP contribution < -0.4 is 0 Å². The first-order chi connectivity index (χ1) is 23.6. The van der Waals surface area contributed by atoms with Gasteiger partial charge < -0.3 is 14.5 Å². The van der Waals surface area contributed by atoms with Gasteiger partial charge in [-0.15, -0.1) is 0 Å². The number of hydrogen-bond donors (Lipinski definition) is 0. The maximum atomic E-state index is 13.4. The predicted octanol–water partition coefficient (Wildman–Crippen LogP) is 12.6. The van der Waals surface area contributed by atoms with Crippen LogP contribution in [0.1, 0.15) is 209 Å². The molecule has 0 N–H and O–H groups in total. The van der Waals surface area contributed by atoms with E-state index in [1.807, 2.05) is 9.80 Å². The van der Waals surface area contributed by atoms with Crippen LogP contribution in [0.15, 0.2) is 0 Å². The van der Waals surface area contributed by atoms with E-state index in [0.717, 1.165) is 63.7 Å². The van der Waals surface area contributed by atoms with Crippen LogP contribution in [0, 0.1) is 23.7 Å². The Morgan fingerprint density at radius 2 is 0.735 bits per heavy atom. The van der Waals surface area contributed by atoms with E-state index in [2.05, 4.69) is 55.4 Å². The van der Waals surface area contributed by atoms with Crippen molar-refractivity contribution in [1.82, 2.24) is 9.80 Å². The third-order valence-electron chi connectivity index (χ3n) is 10.5. The number of amides is 2. The van der Waals surface area contributed by atoms with Gasteiger partial charge in [0, 0.05) is 26.2 Å². The molecule has 2 atom stereocenters. The predicted molar refractivity (Wildman–Crippen MR) is 214 cm³/mol. The van der Waals surface area contributed by atoms with E-state index in [1.165, 1.54) is 128 Å². The minimum atomic E-state index is 0.0149. The van der Waals surface area contributed by atoms with Gasteiger partial charge in [-0.2, -0.15) is 0 Å². The SMILES string of the molecule is CCCCCCCCCCCCN(CCC(C)CCCC(C)C)C(=O)COCC(=O)N(CCCCCCCC)CCC(C)CCCC(C)C. The summed E-state index contributed by atoms with van der Waals surface area (Å²) >= 11 is 0. The minimum Gasteiger partial charge on any atom is -0.362 e. The molecule has 5 heteroatoms. The van der Waals surface area contributed by atoms with Crippen molar-refractivity contribution >= 4 is 11.8 Å². The normalized spacial score (nSPS) is 12.9. The first-order valence-electron chi connectivity index (χ1n) is 21.7. The Balaban J connectivity index is 4.94. The molecule has 0 aromatic carbocycles. The summed E-state index contributed by atoms with van der Waals surface area (Å²) in [6.45, 7) is 21.6. The van der Waals surface area contributed by atoms with Gasteiger partial charge in [0.25, 0.3) is 0 Å². The van der Waals surface area contributed by atoms with Gasteiger partial charge in [0.1, 0.15) is 13.2 Å². The monoisotopic (exact) mass is 693 g/mol. The molecule has 0 aromatic rings. The molecule has 0 heterocycles. The number of rotatable bonds is 36. The average molecular weight is 693 g/mol. The zero-order valence-corrected chi connectivity index (χ0v) is 34.6. The lowest BCUT2D eigenvalue weighted by molar-refractivity contribution is -0.142. The van der Waals surface area contributed by atoms with Crippen LogP contribution in [-0.4, -0.2) is 61.0 Å². The fraction of sp³-hybridized carbons (Fsp3) is 0.955. The van der Waals surface area contributed by atoms with Crippen molar-refractivity contribution in [3.05, 3.63) is 0 Å². The molecule has 2 amide bonds. The van der Waals surface area contributed by atoms with Gasteiger partial charge in [-0.05, 0) is 49.4 Å². The zero-order valence-electron chi connectivity index (χ0n) is 34.6. The molecule has 0 saturated heterocycles. The standard InChI is InChI=1S/C44H88N2O3/c1-9-11-13-15-17-18-19-20-22-24-34-46(36-32-42(8)30-26-28-40(5)6)44(48)38-49-37-43(47)45(33-23-21-16-14-12-10-2)35-31-41(7)29-25-27-39(3)4/h39-42H,9-38H2,1-8H3. The molecule has 292 valence electrons. The van der Waals surface area contributed by atoms with Gasteiger partial charge in [-0.25, -0.2) is 0 Å². The molecule has 0 bridgehead atoms. The third kappa shape index (κ3) is 31.4. The number of carbonyl (C=O) groups excluding carboxylic acids is 2. The lowest BCUT2D eigenvalue weighted by Crippen LogP contribution is -2.39. The summed E-state index contributed by atoms with van der Waals surface area (Å²) in [5.74, 6) is 2.85. The van der Waals surface area contributed by atoms with Crippen LogP contribution in [-0.2, 0) is 14.3 Å². The molecule has 0 radical (unpaired) electrons. The molecule has 0 fully saturated rings. The Morgan fingerprint density at radius 3 is 1.06 bits per heavy atom. The van der Waals surface area contributed by atoms with Crippen molar-refractivity contribution in [2.45, 2.75) is 209 Å². The molecule has 0 aliphatic heterocycles. The highest BCUT2D eigenvalue weighted by molar-refractivity contribution is 5.79. The quantitative estimate of drug-likeness (QED) is 0.0614. The smallest absolute Gasteiger partial charge is 0.248 e. The van der Waals surface area contributed by atoms with Crippen LogP contribution in [0.25, 0.3) is 0 Å². The Morgan fingerprint density at radius 1 is 0.408 bits per heavy atom. The first kappa shape index (κ1) is 47.9. The Bertz CT molecular complexity index is 740. The van der Waals surface area contributed by atoms with E-state index in [1.54, 1.807) is 0 Å². The maximum Gasteiger partial charge on any atom is 0.248 e. The van der Waals surface area contributed by atoms with E-state index in [0.29, 0.717) is 11.8 Å². The topological polar surface area (TPSA) is 49.9 Å². The van der Waals surface area contributed by atoms with Crippen molar-refractivity contribution < 1.29 is 14.3 Å². The van der Waals surface area contributed by atoms with Crippen LogP contribution in [0.3, 0.4) is 0 Å². The number of carbonyl (C=O) groups is 2. The largest absolute Gasteiger partial charge is 0.362 e. The van der Waals surface area contributed by atoms with Crippen LogP contribution in [0.4, 0.5) is 0 Å². The van der Waals surface area contributed by atoms with Crippen molar-refractivity contribution in [3.8, 4) is 0 Å². The molecular weight excluding hydrogens is 604 g/mol. The van der Waals surface area contributed by atoms with Crippen molar-refractivity contribution in [2.75, 3.05) is 39.4 Å². The first-order valence-corrected chi connectivity index (χ1v) is 21.7. The van der Waals surface area contributed by atoms with E-state index >= 15 is 0 Å². The lowest BCUT2D eigenvalue weighted by Gasteiger charge is -2.26. The highest BCUT2D eigenvalue weighted by Crippen LogP contribution is 2.18. The van der Waals surface area contributed by atoms with Crippen molar-refractivity contribution in [2.24, 2.45) is 23.7 Å². The lowest BCUT2D eigenvalue weighted by atomic mass is 9.97. The van der Waals surface area contributed by atoms with Gasteiger partial charge >= 0.3 is 0 Å². The summed E-state index contributed by atoms with van der Waals surface area (Å²) in [6.07, 6.45) is 29.9. The molecule has 0 aromatic heterocycles. The molecule has 0 aliphatic rings. The van der Waals surface area contributed by atoms with Gasteiger partial charge in [0.05, 0.1) is 0 Å². The van der Waals surface area contributed by atoms with Crippen molar-refractivity contribution in [3.63, 3.8) is 0 Å². The fourth-order valence-corrected chi connectivity index (χ4v) is 6.79. The van der Waals surface area contributed by atoms with Gasteiger partial charge in [0.2, 0.25) is 11.8 Å². The molecule has 5 nitrogen and oxygen atoms in total. The zero-order chi connectivity index (χ0) is 36.5. The summed E-state index contributed by atoms with van der Waals surface area (Å²) in [5.41, 5.74) is 0. The van der Waals surface area contributed by atoms with Crippen molar-refractivity contribution in [1.29, 1.82) is 0 Å². The average Bonchev–Trinajstić information content (AvgIpc) is 3.05. The van der Waals surface area contributed by atoms with Gasteiger partial charge in [-0.3, -0.25) is 9.59 Å². The molecule has 49 heavy (non-hydrogen) atoms. The van der Waals surface area contributed by atoms with Gasteiger partial charge in [-0.1, -0.05) is 184 Å². The summed E-state index contributed by atoms with van der Waals surface area (Å²) < 4.78 is 5.89. The summed E-state index contributed by atoms with van der Waals surface area (Å²) in [5, 5.41) is 0. The molecule has 2 unspecified atom stereocenters. The van der Waals surface area contributed by atoms with Crippen LogP contribution >= 0.6 is 0 Å². The minimum absolute atomic E-state index is 0.0149. The van der Waals surface area contributed by atoms with Crippen LogP contribution in [0.5, 0.6) is 0 Å². The van der Waals surface area contributed by atoms with Crippen LogP contribution in [0.2, 0.25) is 0 Å². The molecule has 0 aliphatic carbocycles. The fourth-order valence-electron chi connectivity index (χ4n) is 6.79. The number of unbranched alkanes of at least 4 members (excludes halogenated alkanes) is 14. The summed E-state index contributed by atoms with van der Waals surface area (Å²) in [6, 6.07) is 0. The second-order valence-corrected chi connectivity index (χ2v) is 16.6. The van der Waals surface area contributed by atoms with Gasteiger partial charge in [0.15, 0.2) is 0 Å². The number of hydrogen-bond acceptors (Lipinski definition) is 3. The van der Waals surface area contributed by atoms with E-state index < -0.39 is 0 Å². The highest BCUT2D eigenvalue weighted by Gasteiger charge is 2.19. The highest BCUT2D eigenvalue weighted by atomic mass is 16.5. The Kier molecular flexibility index (Phi) is 33.2. The molecule has 0 spiro atoms. The number of ether oxygens (including phenoxy) is 1. The molecule has 0 saturated carbocycles. The maximum absolute atomic E-state index is 13.4. The van der Waals surface area contributed by atoms with E-state index in [-0.39, 0.29) is 25.0 Å². The summed E-state index contributed by atoms with van der Waals surface area (Å²) in [4.78, 5) is 30.9.